The van der Waals surface area contributed by atoms with Gasteiger partial charge in [-0.25, -0.2) is 4.79 Å². The molecular weight excluding hydrogens is 318 g/mol. The average Bonchev–Trinajstić information content (AvgIpc) is 2.53. The van der Waals surface area contributed by atoms with Gasteiger partial charge in [0.05, 0.1) is 12.6 Å². The van der Waals surface area contributed by atoms with Gasteiger partial charge in [-0.1, -0.05) is 0 Å². The van der Waals surface area contributed by atoms with E-state index in [4.69, 9.17) is 25.4 Å². The standard InChI is InChI=1S/C12H19NO10/c13-4(2-14)8(18)10(6(17)3-15)23-12-9(19)5(16)1-7(22-12)11(20)21/h1-2,4-6,8-10,12,15-19H,3,13H2,(H,20,21)/t4-,5+,6+,8+,9+,10-,12+/m1/s1. The maximum absolute atomic E-state index is 10.9. The monoisotopic (exact) mass is 337 g/mol. The average molecular weight is 337 g/mol. The predicted molar refractivity (Wildman–Crippen MR) is 70.6 cm³/mol. The number of rotatable bonds is 8. The van der Waals surface area contributed by atoms with Crippen molar-refractivity contribution in [1.82, 2.24) is 0 Å². The van der Waals surface area contributed by atoms with Crippen molar-refractivity contribution < 1.29 is 49.7 Å². The van der Waals surface area contributed by atoms with Crippen LogP contribution in [0.25, 0.3) is 0 Å². The number of carboxylic acid groups (broad SMARTS) is 1. The van der Waals surface area contributed by atoms with Crippen LogP contribution in [0.2, 0.25) is 0 Å². The molecule has 0 radical (unpaired) electrons. The van der Waals surface area contributed by atoms with E-state index in [1.54, 1.807) is 0 Å². The quantitative estimate of drug-likeness (QED) is 0.211. The van der Waals surface area contributed by atoms with Crippen molar-refractivity contribution in [2.75, 3.05) is 6.61 Å². The van der Waals surface area contributed by atoms with Crippen LogP contribution in [0.4, 0.5) is 0 Å². The fourth-order valence-electron chi connectivity index (χ4n) is 1.84. The molecule has 23 heavy (non-hydrogen) atoms. The number of nitrogens with two attached hydrogens (primary N) is 1. The SMILES string of the molecule is N[C@H](C=O)[C@H](O)[C@H](O[C@@H]1OC(C(=O)O)=C[C@H](O)[C@@H]1O)[C@@H](O)CO. The van der Waals surface area contributed by atoms with E-state index < -0.39 is 61.2 Å². The molecule has 0 unspecified atom stereocenters. The van der Waals surface area contributed by atoms with Crippen molar-refractivity contribution in [2.24, 2.45) is 5.73 Å². The van der Waals surface area contributed by atoms with Crippen LogP contribution < -0.4 is 5.73 Å². The zero-order chi connectivity index (χ0) is 17.7. The van der Waals surface area contributed by atoms with E-state index in [0.717, 1.165) is 6.08 Å². The molecule has 0 fully saturated rings. The molecule has 0 amide bonds. The minimum Gasteiger partial charge on any atom is -0.475 e. The van der Waals surface area contributed by atoms with Crippen LogP contribution in [-0.2, 0) is 19.1 Å². The second-order valence-electron chi connectivity index (χ2n) is 4.86. The number of aliphatic hydroxyl groups is 5. The third kappa shape index (κ3) is 4.68. The van der Waals surface area contributed by atoms with E-state index >= 15 is 0 Å². The van der Waals surface area contributed by atoms with Crippen molar-refractivity contribution in [3.05, 3.63) is 11.8 Å². The Hall–Kier alpha value is -1.60. The summed E-state index contributed by atoms with van der Waals surface area (Å²) < 4.78 is 9.87. The predicted octanol–water partition coefficient (Wildman–Crippen LogP) is -4.34. The number of hydrogen-bond donors (Lipinski definition) is 7. The van der Waals surface area contributed by atoms with Crippen LogP contribution >= 0.6 is 0 Å². The molecule has 7 atom stereocenters. The van der Waals surface area contributed by atoms with E-state index in [1.165, 1.54) is 0 Å². The maximum Gasteiger partial charge on any atom is 0.371 e. The first-order valence-corrected chi connectivity index (χ1v) is 6.54. The van der Waals surface area contributed by atoms with Crippen molar-refractivity contribution in [3.8, 4) is 0 Å². The molecule has 11 nitrogen and oxygen atoms in total. The lowest BCUT2D eigenvalue weighted by Crippen LogP contribution is -2.55. The highest BCUT2D eigenvalue weighted by Gasteiger charge is 2.41. The molecule has 0 spiro atoms. The number of carboxylic acids is 1. The topological polar surface area (TPSA) is 200 Å². The molecule has 8 N–H and O–H groups in total. The summed E-state index contributed by atoms with van der Waals surface area (Å²) in [6.45, 7) is -0.889. The zero-order valence-corrected chi connectivity index (χ0v) is 11.8. The van der Waals surface area contributed by atoms with Crippen LogP contribution in [0.1, 0.15) is 0 Å². The summed E-state index contributed by atoms with van der Waals surface area (Å²) >= 11 is 0. The molecule has 0 aromatic rings. The molecular formula is C12H19NO10. The number of aliphatic hydroxyl groups excluding tert-OH is 5. The molecule has 132 valence electrons. The second-order valence-corrected chi connectivity index (χ2v) is 4.86. The Labute approximate surface area is 130 Å². The molecule has 0 saturated carbocycles. The number of carbonyl (C=O) groups is 2. The smallest absolute Gasteiger partial charge is 0.371 e. The zero-order valence-electron chi connectivity index (χ0n) is 11.8. The van der Waals surface area contributed by atoms with Crippen LogP contribution in [-0.4, -0.2) is 92.4 Å². The summed E-state index contributed by atoms with van der Waals surface area (Å²) in [6, 6.07) is -1.48. The Morgan fingerprint density at radius 3 is 2.52 bits per heavy atom. The lowest BCUT2D eigenvalue weighted by atomic mass is 10.0. The molecule has 1 aliphatic heterocycles. The number of carbonyl (C=O) groups excluding carboxylic acids is 1. The molecule has 11 heteroatoms. The van der Waals surface area contributed by atoms with Crippen LogP contribution in [0.3, 0.4) is 0 Å². The van der Waals surface area contributed by atoms with Gasteiger partial charge in [0, 0.05) is 0 Å². The van der Waals surface area contributed by atoms with Gasteiger partial charge in [0.15, 0.2) is 0 Å². The summed E-state index contributed by atoms with van der Waals surface area (Å²) in [5.74, 6) is -2.27. The van der Waals surface area contributed by atoms with Gasteiger partial charge in [-0.05, 0) is 6.08 Å². The second kappa shape index (κ2) is 8.31. The van der Waals surface area contributed by atoms with Crippen molar-refractivity contribution in [2.45, 2.75) is 42.9 Å². The molecule has 0 saturated heterocycles. The molecule has 0 bridgehead atoms. The van der Waals surface area contributed by atoms with Gasteiger partial charge in [-0.15, -0.1) is 0 Å². The lowest BCUT2D eigenvalue weighted by molar-refractivity contribution is -0.255. The largest absolute Gasteiger partial charge is 0.475 e. The molecule has 1 aliphatic rings. The fourth-order valence-corrected chi connectivity index (χ4v) is 1.84. The molecule has 0 aromatic carbocycles. The number of ether oxygens (including phenoxy) is 2. The van der Waals surface area contributed by atoms with Crippen LogP contribution in [0.5, 0.6) is 0 Å². The van der Waals surface area contributed by atoms with E-state index in [1.807, 2.05) is 0 Å². The van der Waals surface area contributed by atoms with Gasteiger partial charge in [0.25, 0.3) is 0 Å². The summed E-state index contributed by atoms with van der Waals surface area (Å²) in [5, 5.41) is 56.6. The molecule has 0 aliphatic carbocycles. The normalized spacial score (nSPS) is 29.7. The number of hydrogen-bond acceptors (Lipinski definition) is 10. The summed E-state index contributed by atoms with van der Waals surface area (Å²) in [7, 11) is 0. The van der Waals surface area contributed by atoms with Crippen molar-refractivity contribution >= 4 is 12.3 Å². The highest BCUT2D eigenvalue weighted by Crippen LogP contribution is 2.23. The molecule has 1 heterocycles. The summed E-state index contributed by atoms with van der Waals surface area (Å²) in [4.78, 5) is 21.5. The van der Waals surface area contributed by atoms with Crippen molar-refractivity contribution in [3.63, 3.8) is 0 Å². The van der Waals surface area contributed by atoms with Crippen molar-refractivity contribution in [1.29, 1.82) is 0 Å². The van der Waals surface area contributed by atoms with Crippen LogP contribution in [0.15, 0.2) is 11.8 Å². The Kier molecular flexibility index (Phi) is 7.02. The Balaban J connectivity index is 2.96. The van der Waals surface area contributed by atoms with Gasteiger partial charge in [-0.2, -0.15) is 0 Å². The van der Waals surface area contributed by atoms with Gasteiger partial charge >= 0.3 is 5.97 Å². The fraction of sp³-hybridized carbons (Fsp3) is 0.667. The molecule has 0 aromatic heterocycles. The third-order valence-electron chi connectivity index (χ3n) is 3.15. The van der Waals surface area contributed by atoms with Gasteiger partial charge in [0.2, 0.25) is 12.0 Å². The van der Waals surface area contributed by atoms with Gasteiger partial charge in [-0.3, -0.25) is 0 Å². The van der Waals surface area contributed by atoms with Gasteiger partial charge < -0.3 is 50.6 Å². The summed E-state index contributed by atoms with van der Waals surface area (Å²) in [5.41, 5.74) is 5.30. The van der Waals surface area contributed by atoms with E-state index in [2.05, 4.69) is 0 Å². The maximum atomic E-state index is 10.9. The summed E-state index contributed by atoms with van der Waals surface area (Å²) in [6.07, 6.45) is -9.49. The Morgan fingerprint density at radius 1 is 1.43 bits per heavy atom. The Morgan fingerprint density at radius 2 is 2.04 bits per heavy atom. The minimum absolute atomic E-state index is 0.167. The van der Waals surface area contributed by atoms with Gasteiger partial charge in [0.1, 0.15) is 36.8 Å². The minimum atomic E-state index is -1.79. The van der Waals surface area contributed by atoms with E-state index in [9.17, 15) is 30.0 Å². The van der Waals surface area contributed by atoms with Crippen LogP contribution in [0, 0.1) is 0 Å². The number of aldehydes is 1. The highest BCUT2D eigenvalue weighted by atomic mass is 16.7. The van der Waals surface area contributed by atoms with E-state index in [0.29, 0.717) is 0 Å². The van der Waals surface area contributed by atoms with E-state index in [-0.39, 0.29) is 6.29 Å². The lowest BCUT2D eigenvalue weighted by Gasteiger charge is -2.36. The highest BCUT2D eigenvalue weighted by molar-refractivity contribution is 5.84. The first kappa shape index (κ1) is 19.4. The number of aliphatic carboxylic acids is 1. The third-order valence-corrected chi connectivity index (χ3v) is 3.15. The Bertz CT molecular complexity index is 455. The molecule has 1 rings (SSSR count). The first-order valence-electron chi connectivity index (χ1n) is 6.54. The first-order chi connectivity index (χ1) is 10.7.